The van der Waals surface area contributed by atoms with Gasteiger partial charge in [0.2, 0.25) is 0 Å². The monoisotopic (exact) mass is 264 g/mol. The van der Waals surface area contributed by atoms with Gasteiger partial charge < -0.3 is 5.73 Å². The van der Waals surface area contributed by atoms with E-state index in [2.05, 4.69) is 4.98 Å². The Kier molecular flexibility index (Phi) is 4.42. The summed E-state index contributed by atoms with van der Waals surface area (Å²) < 4.78 is 0. The molecular weight excluding hydrogens is 252 g/mol. The molecule has 1 atom stereocenters. The van der Waals surface area contributed by atoms with Crippen LogP contribution in [0.2, 0.25) is 5.02 Å². The van der Waals surface area contributed by atoms with Crippen LogP contribution in [0.25, 0.3) is 0 Å². The quantitative estimate of drug-likeness (QED) is 0.859. The van der Waals surface area contributed by atoms with Crippen LogP contribution in [0.1, 0.15) is 10.8 Å². The van der Waals surface area contributed by atoms with Crippen molar-refractivity contribution >= 4 is 23.4 Å². The maximum absolute atomic E-state index is 5.87. The molecule has 0 saturated carbocycles. The van der Waals surface area contributed by atoms with Gasteiger partial charge >= 0.3 is 0 Å². The molecule has 0 saturated heterocycles. The van der Waals surface area contributed by atoms with Crippen molar-refractivity contribution in [3.63, 3.8) is 0 Å². The topological polar surface area (TPSA) is 38.9 Å². The fraction of sp³-hybridized carbons (Fsp3) is 0.154. The third-order valence-electron chi connectivity index (χ3n) is 2.38. The lowest BCUT2D eigenvalue weighted by Gasteiger charge is -2.14. The van der Waals surface area contributed by atoms with Gasteiger partial charge in [0.05, 0.1) is 0 Å². The van der Waals surface area contributed by atoms with Crippen LogP contribution in [0.15, 0.2) is 53.7 Å². The average molecular weight is 265 g/mol. The molecule has 0 radical (unpaired) electrons. The summed E-state index contributed by atoms with van der Waals surface area (Å²) in [5.41, 5.74) is 7.01. The highest BCUT2D eigenvalue weighted by Crippen LogP contribution is 2.34. The Morgan fingerprint density at radius 2 is 1.76 bits per heavy atom. The predicted molar refractivity (Wildman–Crippen MR) is 73.3 cm³/mol. The van der Waals surface area contributed by atoms with Gasteiger partial charge in [0, 0.05) is 34.1 Å². The number of hydrogen-bond acceptors (Lipinski definition) is 3. The normalized spacial score (nSPS) is 12.4. The molecule has 0 aliphatic heterocycles. The van der Waals surface area contributed by atoms with Gasteiger partial charge in [-0.3, -0.25) is 4.98 Å². The molecule has 88 valence electrons. The Balaban J connectivity index is 2.14. The first-order valence-corrected chi connectivity index (χ1v) is 6.57. The minimum atomic E-state index is 0.245. The SMILES string of the molecule is NCC(Sc1ccncc1)c1ccc(Cl)cc1. The minimum absolute atomic E-state index is 0.245. The van der Waals surface area contributed by atoms with E-state index < -0.39 is 0 Å². The van der Waals surface area contributed by atoms with Crippen molar-refractivity contribution in [2.75, 3.05) is 6.54 Å². The van der Waals surface area contributed by atoms with E-state index >= 15 is 0 Å². The van der Waals surface area contributed by atoms with Crippen molar-refractivity contribution in [1.29, 1.82) is 0 Å². The van der Waals surface area contributed by atoms with Gasteiger partial charge in [-0.05, 0) is 29.8 Å². The van der Waals surface area contributed by atoms with Crippen LogP contribution >= 0.6 is 23.4 Å². The molecular formula is C13H13ClN2S. The van der Waals surface area contributed by atoms with E-state index in [-0.39, 0.29) is 5.25 Å². The van der Waals surface area contributed by atoms with Gasteiger partial charge in [-0.1, -0.05) is 23.7 Å². The summed E-state index contributed by atoms with van der Waals surface area (Å²) in [6.07, 6.45) is 3.58. The number of nitrogens with zero attached hydrogens (tertiary/aromatic N) is 1. The molecule has 4 heteroatoms. The van der Waals surface area contributed by atoms with Crippen molar-refractivity contribution in [2.45, 2.75) is 10.1 Å². The largest absolute Gasteiger partial charge is 0.329 e. The number of benzene rings is 1. The summed E-state index contributed by atoms with van der Waals surface area (Å²) in [5.74, 6) is 0. The van der Waals surface area contributed by atoms with E-state index in [1.165, 1.54) is 10.5 Å². The number of rotatable bonds is 4. The highest BCUT2D eigenvalue weighted by atomic mass is 35.5. The molecule has 1 unspecified atom stereocenters. The van der Waals surface area contributed by atoms with E-state index in [1.807, 2.05) is 36.4 Å². The number of halogens is 1. The first-order valence-electron chi connectivity index (χ1n) is 5.32. The maximum atomic E-state index is 5.87. The van der Waals surface area contributed by atoms with E-state index in [9.17, 15) is 0 Å². The summed E-state index contributed by atoms with van der Waals surface area (Å²) >= 11 is 7.61. The van der Waals surface area contributed by atoms with Crippen LogP contribution in [-0.4, -0.2) is 11.5 Å². The summed E-state index contributed by atoms with van der Waals surface area (Å²) in [7, 11) is 0. The molecule has 0 aliphatic carbocycles. The van der Waals surface area contributed by atoms with Gasteiger partial charge in [-0.15, -0.1) is 11.8 Å². The number of pyridine rings is 1. The van der Waals surface area contributed by atoms with Crippen LogP contribution in [0.5, 0.6) is 0 Å². The molecule has 1 heterocycles. The zero-order valence-electron chi connectivity index (χ0n) is 9.21. The van der Waals surface area contributed by atoms with Gasteiger partial charge in [0.15, 0.2) is 0 Å². The lowest BCUT2D eigenvalue weighted by Crippen LogP contribution is -2.09. The van der Waals surface area contributed by atoms with Crippen molar-refractivity contribution in [1.82, 2.24) is 4.98 Å². The number of thioether (sulfide) groups is 1. The lowest BCUT2D eigenvalue weighted by atomic mass is 10.1. The van der Waals surface area contributed by atoms with Gasteiger partial charge in [0.1, 0.15) is 0 Å². The highest BCUT2D eigenvalue weighted by molar-refractivity contribution is 7.99. The minimum Gasteiger partial charge on any atom is -0.329 e. The highest BCUT2D eigenvalue weighted by Gasteiger charge is 2.11. The fourth-order valence-electron chi connectivity index (χ4n) is 1.51. The van der Waals surface area contributed by atoms with Crippen molar-refractivity contribution in [2.24, 2.45) is 5.73 Å². The Bertz CT molecular complexity index is 459. The van der Waals surface area contributed by atoms with Crippen LogP contribution in [-0.2, 0) is 0 Å². The molecule has 1 aromatic carbocycles. The Morgan fingerprint density at radius 1 is 1.12 bits per heavy atom. The third kappa shape index (κ3) is 3.46. The van der Waals surface area contributed by atoms with E-state index in [0.29, 0.717) is 6.54 Å². The lowest BCUT2D eigenvalue weighted by molar-refractivity contribution is 0.940. The van der Waals surface area contributed by atoms with Gasteiger partial charge in [-0.25, -0.2) is 0 Å². The van der Waals surface area contributed by atoms with Gasteiger partial charge in [-0.2, -0.15) is 0 Å². The first kappa shape index (κ1) is 12.4. The van der Waals surface area contributed by atoms with Crippen LogP contribution < -0.4 is 5.73 Å². The smallest absolute Gasteiger partial charge is 0.0466 e. The molecule has 0 bridgehead atoms. The predicted octanol–water partition coefficient (Wildman–Crippen LogP) is 3.53. The maximum Gasteiger partial charge on any atom is 0.0466 e. The molecule has 2 nitrogen and oxygen atoms in total. The van der Waals surface area contributed by atoms with E-state index in [1.54, 1.807) is 24.2 Å². The molecule has 0 amide bonds. The second kappa shape index (κ2) is 6.05. The van der Waals surface area contributed by atoms with Crippen molar-refractivity contribution in [3.8, 4) is 0 Å². The second-order valence-electron chi connectivity index (χ2n) is 3.58. The standard InChI is InChI=1S/C13H13ClN2S/c14-11-3-1-10(2-4-11)13(9-15)17-12-5-7-16-8-6-12/h1-8,13H,9,15H2. The molecule has 0 spiro atoms. The van der Waals surface area contributed by atoms with Crippen LogP contribution in [0.3, 0.4) is 0 Å². The summed E-state index contributed by atoms with van der Waals surface area (Å²) in [6, 6.07) is 11.8. The van der Waals surface area contributed by atoms with Crippen LogP contribution in [0.4, 0.5) is 0 Å². The second-order valence-corrected chi connectivity index (χ2v) is 5.29. The molecule has 17 heavy (non-hydrogen) atoms. The zero-order chi connectivity index (χ0) is 12.1. The van der Waals surface area contributed by atoms with Crippen molar-refractivity contribution < 1.29 is 0 Å². The molecule has 2 rings (SSSR count). The Morgan fingerprint density at radius 3 is 2.35 bits per heavy atom. The number of aromatic nitrogens is 1. The molecule has 0 fully saturated rings. The summed E-state index contributed by atoms with van der Waals surface area (Å²) in [4.78, 5) is 5.17. The zero-order valence-corrected chi connectivity index (χ0v) is 10.8. The summed E-state index contributed by atoms with van der Waals surface area (Å²) in [6.45, 7) is 0.592. The Hall–Kier alpha value is -1.03. The Labute approximate surface area is 110 Å². The first-order chi connectivity index (χ1) is 8.29. The van der Waals surface area contributed by atoms with E-state index in [4.69, 9.17) is 17.3 Å². The third-order valence-corrected chi connectivity index (χ3v) is 3.93. The molecule has 2 aromatic rings. The fourth-order valence-corrected chi connectivity index (χ4v) is 2.63. The summed E-state index contributed by atoms with van der Waals surface area (Å²) in [5, 5.41) is 0.994. The van der Waals surface area contributed by atoms with Gasteiger partial charge in [0.25, 0.3) is 0 Å². The molecule has 1 aromatic heterocycles. The molecule has 0 aliphatic rings. The van der Waals surface area contributed by atoms with Crippen molar-refractivity contribution in [3.05, 3.63) is 59.4 Å². The number of hydrogen-bond donors (Lipinski definition) is 1. The van der Waals surface area contributed by atoms with E-state index in [0.717, 1.165) is 5.02 Å². The number of nitrogens with two attached hydrogens (primary N) is 1. The average Bonchev–Trinajstić information content (AvgIpc) is 2.38. The molecule has 2 N–H and O–H groups in total. The van der Waals surface area contributed by atoms with Crippen LogP contribution in [0, 0.1) is 0 Å².